The van der Waals surface area contributed by atoms with E-state index in [1.807, 2.05) is 47.1 Å². The van der Waals surface area contributed by atoms with Gasteiger partial charge in [-0.05, 0) is 85.6 Å². The van der Waals surface area contributed by atoms with E-state index >= 15 is 0 Å². The highest BCUT2D eigenvalue weighted by Gasteiger charge is 2.28. The number of carbonyl (C=O) groups is 2. The van der Waals surface area contributed by atoms with Crippen LogP contribution in [0.25, 0.3) is 28.1 Å². The number of carboxylic acid groups (broad SMARTS) is 1. The summed E-state index contributed by atoms with van der Waals surface area (Å²) in [6.45, 7) is 2.25. The molecule has 1 aromatic heterocycles. The van der Waals surface area contributed by atoms with Gasteiger partial charge in [0, 0.05) is 30.1 Å². The summed E-state index contributed by atoms with van der Waals surface area (Å²) in [5.41, 5.74) is 5.86. The molecule has 2 heterocycles. The summed E-state index contributed by atoms with van der Waals surface area (Å²) in [6, 6.07) is 22.2. The Morgan fingerprint density at radius 2 is 1.74 bits per heavy atom. The maximum Gasteiger partial charge on any atom is 0.328 e. The molecule has 0 saturated carbocycles. The second kappa shape index (κ2) is 11.0. The molecule has 1 aliphatic rings. The highest BCUT2D eigenvalue weighted by Crippen LogP contribution is 2.28. The number of fused-ring (bicyclic) bond motifs is 1. The minimum Gasteiger partial charge on any atom is -0.478 e. The van der Waals surface area contributed by atoms with Crippen LogP contribution in [0, 0.1) is 5.92 Å². The maximum absolute atomic E-state index is 13.8. The van der Waals surface area contributed by atoms with Crippen molar-refractivity contribution in [3.63, 3.8) is 0 Å². The first-order chi connectivity index (χ1) is 18.4. The molecule has 0 bridgehead atoms. The maximum atomic E-state index is 13.8. The quantitative estimate of drug-likeness (QED) is 0.347. The van der Waals surface area contributed by atoms with E-state index in [2.05, 4.69) is 59.5 Å². The number of carboxylic acids is 1. The first kappa shape index (κ1) is 25.4. The average Bonchev–Trinajstić information content (AvgIpc) is 3.31. The minimum atomic E-state index is -1.00. The second-order valence-corrected chi connectivity index (χ2v) is 10.0. The third-order valence-electron chi connectivity index (χ3n) is 7.31. The van der Waals surface area contributed by atoms with Gasteiger partial charge in [0.25, 0.3) is 0 Å². The molecule has 1 saturated heterocycles. The van der Waals surface area contributed by atoms with Gasteiger partial charge in [-0.15, -0.1) is 0 Å². The number of anilines is 1. The highest BCUT2D eigenvalue weighted by molar-refractivity contribution is 5.95. The molecule has 5 rings (SSSR count). The number of hydrogen-bond acceptors (Lipinski definition) is 4. The van der Waals surface area contributed by atoms with Crippen LogP contribution < -0.4 is 4.90 Å². The van der Waals surface area contributed by atoms with Crippen LogP contribution in [0.2, 0.25) is 0 Å². The van der Waals surface area contributed by atoms with Gasteiger partial charge >= 0.3 is 5.97 Å². The fourth-order valence-electron chi connectivity index (χ4n) is 5.06. The van der Waals surface area contributed by atoms with Gasteiger partial charge in [0.2, 0.25) is 5.91 Å². The average molecular weight is 509 g/mol. The Labute approximate surface area is 222 Å². The third kappa shape index (κ3) is 5.68. The molecule has 1 fully saturated rings. The van der Waals surface area contributed by atoms with Crippen LogP contribution in [0.4, 0.5) is 5.69 Å². The number of aliphatic carboxylic acids is 1. The lowest BCUT2D eigenvalue weighted by Crippen LogP contribution is -2.41. The van der Waals surface area contributed by atoms with Crippen molar-refractivity contribution in [3.05, 3.63) is 90.1 Å². The Morgan fingerprint density at radius 3 is 2.47 bits per heavy atom. The monoisotopic (exact) mass is 508 g/mol. The molecule has 0 radical (unpaired) electrons. The Hall–Kier alpha value is -4.23. The largest absolute Gasteiger partial charge is 0.478 e. The van der Waals surface area contributed by atoms with E-state index in [0.29, 0.717) is 6.54 Å². The van der Waals surface area contributed by atoms with Gasteiger partial charge in [0.1, 0.15) is 0 Å². The van der Waals surface area contributed by atoms with Gasteiger partial charge in [-0.25, -0.2) is 4.79 Å². The predicted octanol–water partition coefficient (Wildman–Crippen LogP) is 5.21. The number of nitrogens with zero attached hydrogens (tertiary/aromatic N) is 4. The summed E-state index contributed by atoms with van der Waals surface area (Å²) in [7, 11) is 4.03. The topological polar surface area (TPSA) is 78.7 Å². The first-order valence-corrected chi connectivity index (χ1v) is 12.9. The zero-order valence-corrected chi connectivity index (χ0v) is 21.7. The number of likely N-dealkylation sites (tertiary alicyclic amines) is 1. The van der Waals surface area contributed by atoms with Crippen LogP contribution in [-0.2, 0) is 23.2 Å². The number of aryl methyl sites for hydroxylation is 1. The lowest BCUT2D eigenvalue weighted by atomic mass is 9.95. The van der Waals surface area contributed by atoms with Crippen molar-refractivity contribution in [3.8, 4) is 11.1 Å². The fourth-order valence-corrected chi connectivity index (χ4v) is 5.06. The van der Waals surface area contributed by atoms with Gasteiger partial charge in [-0.1, -0.05) is 42.5 Å². The normalized spacial score (nSPS) is 14.8. The summed E-state index contributed by atoms with van der Waals surface area (Å²) >= 11 is 0. The van der Waals surface area contributed by atoms with Gasteiger partial charge in [0.15, 0.2) is 0 Å². The van der Waals surface area contributed by atoms with Crippen LogP contribution in [0.15, 0.2) is 79.0 Å². The molecule has 7 heteroatoms. The molecule has 0 unspecified atom stereocenters. The van der Waals surface area contributed by atoms with Gasteiger partial charge < -0.3 is 14.9 Å². The van der Waals surface area contributed by atoms with E-state index < -0.39 is 5.97 Å². The molecule has 1 N–H and O–H groups in total. The third-order valence-corrected chi connectivity index (χ3v) is 7.31. The molecule has 194 valence electrons. The van der Waals surface area contributed by atoms with Crippen molar-refractivity contribution in [1.29, 1.82) is 0 Å². The van der Waals surface area contributed by atoms with Crippen molar-refractivity contribution >= 4 is 34.5 Å². The lowest BCUT2D eigenvalue weighted by Gasteiger charge is -2.33. The van der Waals surface area contributed by atoms with Crippen molar-refractivity contribution in [1.82, 2.24) is 14.7 Å². The number of hydrogen-bond donors (Lipinski definition) is 1. The van der Waals surface area contributed by atoms with Crippen molar-refractivity contribution in [2.24, 2.45) is 13.0 Å². The fraction of sp³-hybridized carbons (Fsp3) is 0.258. The van der Waals surface area contributed by atoms with Crippen LogP contribution in [-0.4, -0.2) is 51.8 Å². The van der Waals surface area contributed by atoms with Crippen molar-refractivity contribution < 1.29 is 14.7 Å². The van der Waals surface area contributed by atoms with E-state index in [0.717, 1.165) is 70.9 Å². The lowest BCUT2D eigenvalue weighted by molar-refractivity contribution is -0.131. The molecule has 4 aromatic rings. The van der Waals surface area contributed by atoms with E-state index in [1.54, 1.807) is 6.08 Å². The SMILES string of the molecule is CN1CCC(C(=O)N(Cc2ccc(-c3ccc4c(cnn4C)c3)cc2)c2cccc(/C=C/C(=O)O)c2)CC1. The van der Waals surface area contributed by atoms with Gasteiger partial charge in [-0.2, -0.15) is 5.10 Å². The second-order valence-electron chi connectivity index (χ2n) is 10.0. The predicted molar refractivity (Wildman–Crippen MR) is 151 cm³/mol. The zero-order valence-electron chi connectivity index (χ0n) is 21.7. The summed E-state index contributed by atoms with van der Waals surface area (Å²) in [5.74, 6) is -0.920. The Kier molecular flexibility index (Phi) is 7.38. The molecule has 0 spiro atoms. The van der Waals surface area contributed by atoms with Crippen LogP contribution in [0.3, 0.4) is 0 Å². The van der Waals surface area contributed by atoms with E-state index in [1.165, 1.54) is 0 Å². The number of benzene rings is 3. The summed E-state index contributed by atoms with van der Waals surface area (Å²) in [4.78, 5) is 28.9. The first-order valence-electron chi connectivity index (χ1n) is 12.9. The molecular weight excluding hydrogens is 476 g/mol. The molecule has 0 aliphatic carbocycles. The Balaban J connectivity index is 1.41. The van der Waals surface area contributed by atoms with Crippen molar-refractivity contribution in [2.45, 2.75) is 19.4 Å². The van der Waals surface area contributed by atoms with Crippen LogP contribution in [0.1, 0.15) is 24.0 Å². The summed E-state index contributed by atoms with van der Waals surface area (Å²) < 4.78 is 1.87. The number of rotatable bonds is 7. The highest BCUT2D eigenvalue weighted by atomic mass is 16.4. The Morgan fingerprint density at radius 1 is 1.00 bits per heavy atom. The molecule has 1 amide bonds. The number of aromatic nitrogens is 2. The van der Waals surface area contributed by atoms with Crippen LogP contribution >= 0.6 is 0 Å². The van der Waals surface area contributed by atoms with E-state index in [-0.39, 0.29) is 11.8 Å². The van der Waals surface area contributed by atoms with E-state index in [4.69, 9.17) is 5.11 Å². The number of amides is 1. The van der Waals surface area contributed by atoms with Gasteiger partial charge in [-0.3, -0.25) is 9.48 Å². The molecule has 38 heavy (non-hydrogen) atoms. The van der Waals surface area contributed by atoms with E-state index in [9.17, 15) is 9.59 Å². The zero-order chi connectivity index (χ0) is 26.6. The van der Waals surface area contributed by atoms with Crippen LogP contribution in [0.5, 0.6) is 0 Å². The summed E-state index contributed by atoms with van der Waals surface area (Å²) in [5, 5.41) is 14.5. The molecule has 0 atom stereocenters. The molecule has 3 aromatic carbocycles. The smallest absolute Gasteiger partial charge is 0.328 e. The molecule has 1 aliphatic heterocycles. The van der Waals surface area contributed by atoms with Gasteiger partial charge in [0.05, 0.1) is 18.3 Å². The number of piperidine rings is 1. The molecule has 7 nitrogen and oxygen atoms in total. The van der Waals surface area contributed by atoms with Crippen molar-refractivity contribution in [2.75, 3.05) is 25.0 Å². The summed E-state index contributed by atoms with van der Waals surface area (Å²) in [6.07, 6.45) is 6.21. The Bertz CT molecular complexity index is 1480. The number of carbonyl (C=O) groups excluding carboxylic acids is 1. The minimum absolute atomic E-state index is 0.0325. The standard InChI is InChI=1S/C31H32N4O3/c1-33-16-14-25(15-17-33)31(38)35(28-5-3-4-22(18-28)8-13-30(36)37)21-23-6-9-24(10-7-23)26-11-12-29-27(19-26)20-32-34(29)2/h3-13,18-20,25H,14-17,21H2,1-2H3,(H,36,37)/b13-8+. The molecular formula is C31H32N4O3.